The van der Waals surface area contributed by atoms with Gasteiger partial charge in [0.2, 0.25) is 0 Å². The molecule has 0 spiro atoms. The molecule has 0 radical (unpaired) electrons. The summed E-state index contributed by atoms with van der Waals surface area (Å²) in [5.41, 5.74) is -0.171. The summed E-state index contributed by atoms with van der Waals surface area (Å²) in [7, 11) is 1.45. The number of nitrogens with one attached hydrogen (secondary N) is 1. The standard InChI is InChI=1S/C10H13N3O4/c1-13-8(14)5-4-7(12-13)10(17)11-6-2-3-9(15)16/h4-5H,2-3,6H2,1H3,(H,11,17)(H,15,16). The van der Waals surface area contributed by atoms with Gasteiger partial charge in [0.05, 0.1) is 0 Å². The minimum absolute atomic E-state index is 0.000976. The van der Waals surface area contributed by atoms with Crippen LogP contribution in [0.3, 0.4) is 0 Å². The van der Waals surface area contributed by atoms with E-state index < -0.39 is 11.9 Å². The van der Waals surface area contributed by atoms with E-state index in [0.29, 0.717) is 6.42 Å². The molecule has 0 unspecified atom stereocenters. The third-order valence-electron chi connectivity index (χ3n) is 2.05. The van der Waals surface area contributed by atoms with Gasteiger partial charge in [-0.1, -0.05) is 0 Å². The number of aliphatic carboxylic acids is 1. The van der Waals surface area contributed by atoms with Crippen molar-refractivity contribution in [3.8, 4) is 0 Å². The molecule has 0 aliphatic heterocycles. The Morgan fingerprint density at radius 3 is 2.76 bits per heavy atom. The molecule has 0 saturated heterocycles. The summed E-state index contributed by atoms with van der Waals surface area (Å²) in [4.78, 5) is 32.8. The van der Waals surface area contributed by atoms with Crippen LogP contribution < -0.4 is 10.9 Å². The van der Waals surface area contributed by atoms with Crippen molar-refractivity contribution in [3.05, 3.63) is 28.2 Å². The van der Waals surface area contributed by atoms with Crippen molar-refractivity contribution in [2.24, 2.45) is 7.05 Å². The minimum atomic E-state index is -0.903. The molecule has 0 bridgehead atoms. The Balaban J connectivity index is 2.50. The molecule has 2 N–H and O–H groups in total. The molecule has 1 heterocycles. The summed E-state index contributed by atoms with van der Waals surface area (Å²) < 4.78 is 1.06. The summed E-state index contributed by atoms with van der Waals surface area (Å²) in [5, 5.41) is 14.7. The van der Waals surface area contributed by atoms with Gasteiger partial charge in [-0.2, -0.15) is 5.10 Å². The van der Waals surface area contributed by atoms with Crippen molar-refractivity contribution in [2.75, 3.05) is 6.54 Å². The van der Waals surface area contributed by atoms with E-state index in [1.807, 2.05) is 0 Å². The molecule has 0 aliphatic rings. The lowest BCUT2D eigenvalue weighted by molar-refractivity contribution is -0.137. The summed E-state index contributed by atoms with van der Waals surface area (Å²) in [6.07, 6.45) is 0.355. The van der Waals surface area contributed by atoms with Crippen LogP contribution in [0.15, 0.2) is 16.9 Å². The molecule has 0 aromatic carbocycles. The third kappa shape index (κ3) is 4.06. The second kappa shape index (κ2) is 5.78. The van der Waals surface area contributed by atoms with Crippen molar-refractivity contribution in [1.82, 2.24) is 15.1 Å². The van der Waals surface area contributed by atoms with E-state index in [-0.39, 0.29) is 24.2 Å². The first kappa shape index (κ1) is 12.9. The van der Waals surface area contributed by atoms with E-state index in [1.54, 1.807) is 0 Å². The van der Waals surface area contributed by atoms with E-state index in [2.05, 4.69) is 10.4 Å². The molecular formula is C10H13N3O4. The van der Waals surface area contributed by atoms with Gasteiger partial charge in [-0.25, -0.2) is 4.68 Å². The molecule has 1 aromatic heterocycles. The summed E-state index contributed by atoms with van der Waals surface area (Å²) >= 11 is 0. The molecule has 7 heteroatoms. The van der Waals surface area contributed by atoms with E-state index in [4.69, 9.17) is 5.11 Å². The summed E-state index contributed by atoms with van der Waals surface area (Å²) in [6.45, 7) is 0.260. The zero-order valence-corrected chi connectivity index (χ0v) is 9.34. The van der Waals surface area contributed by atoms with Crippen LogP contribution in [0.4, 0.5) is 0 Å². The van der Waals surface area contributed by atoms with Gasteiger partial charge in [-0.05, 0) is 12.5 Å². The first-order chi connectivity index (χ1) is 8.00. The third-order valence-corrected chi connectivity index (χ3v) is 2.05. The summed E-state index contributed by atoms with van der Waals surface area (Å²) in [5.74, 6) is -1.33. The van der Waals surface area contributed by atoms with Crippen molar-refractivity contribution in [3.63, 3.8) is 0 Å². The number of aromatic nitrogens is 2. The molecular weight excluding hydrogens is 226 g/mol. The molecule has 0 aliphatic carbocycles. The number of carboxylic acids is 1. The predicted molar refractivity (Wildman–Crippen MR) is 58.7 cm³/mol. The number of carboxylic acid groups (broad SMARTS) is 1. The van der Waals surface area contributed by atoms with Gasteiger partial charge in [0.15, 0.2) is 0 Å². The van der Waals surface area contributed by atoms with Gasteiger partial charge in [-0.15, -0.1) is 0 Å². The number of carbonyl (C=O) groups is 2. The number of hydrogen-bond donors (Lipinski definition) is 2. The average molecular weight is 239 g/mol. The van der Waals surface area contributed by atoms with Crippen LogP contribution in [0, 0.1) is 0 Å². The lowest BCUT2D eigenvalue weighted by Gasteiger charge is -2.04. The Morgan fingerprint density at radius 2 is 2.18 bits per heavy atom. The maximum Gasteiger partial charge on any atom is 0.303 e. The van der Waals surface area contributed by atoms with E-state index in [0.717, 1.165) is 4.68 Å². The largest absolute Gasteiger partial charge is 0.481 e. The van der Waals surface area contributed by atoms with Crippen molar-refractivity contribution in [2.45, 2.75) is 12.8 Å². The molecule has 7 nitrogen and oxygen atoms in total. The first-order valence-corrected chi connectivity index (χ1v) is 5.05. The van der Waals surface area contributed by atoms with Gasteiger partial charge in [-0.3, -0.25) is 14.4 Å². The fraction of sp³-hybridized carbons (Fsp3) is 0.400. The molecule has 17 heavy (non-hydrogen) atoms. The Bertz CT molecular complexity index is 481. The van der Waals surface area contributed by atoms with Gasteiger partial charge in [0.1, 0.15) is 5.69 Å². The topological polar surface area (TPSA) is 101 Å². The highest BCUT2D eigenvalue weighted by Gasteiger charge is 2.07. The Hall–Kier alpha value is -2.18. The number of rotatable bonds is 5. The molecule has 1 aromatic rings. The number of amides is 1. The molecule has 92 valence electrons. The molecule has 0 saturated carbocycles. The normalized spacial score (nSPS) is 9.94. The monoisotopic (exact) mass is 239 g/mol. The van der Waals surface area contributed by atoms with E-state index in [9.17, 15) is 14.4 Å². The van der Waals surface area contributed by atoms with Crippen molar-refractivity contribution < 1.29 is 14.7 Å². The molecule has 0 atom stereocenters. The zero-order chi connectivity index (χ0) is 12.8. The average Bonchev–Trinajstić information content (AvgIpc) is 2.27. The molecule has 0 fully saturated rings. The fourth-order valence-corrected chi connectivity index (χ4v) is 1.16. The van der Waals surface area contributed by atoms with Crippen LogP contribution in [0.25, 0.3) is 0 Å². The van der Waals surface area contributed by atoms with Crippen LogP contribution in [-0.2, 0) is 11.8 Å². The van der Waals surface area contributed by atoms with Crippen molar-refractivity contribution in [1.29, 1.82) is 0 Å². The van der Waals surface area contributed by atoms with Gasteiger partial charge >= 0.3 is 5.97 Å². The van der Waals surface area contributed by atoms with Crippen LogP contribution in [0.1, 0.15) is 23.3 Å². The SMILES string of the molecule is Cn1nc(C(=O)NCCCC(=O)O)ccc1=O. The zero-order valence-electron chi connectivity index (χ0n) is 9.34. The van der Waals surface area contributed by atoms with Gasteiger partial charge in [0, 0.05) is 26.1 Å². The Kier molecular flexibility index (Phi) is 4.38. The second-order valence-electron chi connectivity index (χ2n) is 3.43. The first-order valence-electron chi connectivity index (χ1n) is 5.05. The smallest absolute Gasteiger partial charge is 0.303 e. The molecule has 1 amide bonds. The number of nitrogens with zero attached hydrogens (tertiary/aromatic N) is 2. The van der Waals surface area contributed by atoms with Crippen LogP contribution in [-0.4, -0.2) is 33.3 Å². The van der Waals surface area contributed by atoms with Crippen LogP contribution >= 0.6 is 0 Å². The highest BCUT2D eigenvalue weighted by atomic mass is 16.4. The van der Waals surface area contributed by atoms with E-state index >= 15 is 0 Å². The highest BCUT2D eigenvalue weighted by molar-refractivity contribution is 5.91. The Morgan fingerprint density at radius 1 is 1.47 bits per heavy atom. The maximum atomic E-state index is 11.5. The lowest BCUT2D eigenvalue weighted by Crippen LogP contribution is -2.29. The van der Waals surface area contributed by atoms with Crippen LogP contribution in [0.5, 0.6) is 0 Å². The number of aryl methyl sites for hydroxylation is 1. The Labute approximate surface area is 97.1 Å². The minimum Gasteiger partial charge on any atom is -0.481 e. The van der Waals surface area contributed by atoms with E-state index in [1.165, 1.54) is 19.2 Å². The highest BCUT2D eigenvalue weighted by Crippen LogP contribution is 1.91. The van der Waals surface area contributed by atoms with Crippen LogP contribution in [0.2, 0.25) is 0 Å². The quantitative estimate of drug-likeness (QED) is 0.666. The van der Waals surface area contributed by atoms with Gasteiger partial charge < -0.3 is 10.4 Å². The number of hydrogen-bond acceptors (Lipinski definition) is 4. The number of carbonyl (C=O) groups excluding carboxylic acids is 1. The lowest BCUT2D eigenvalue weighted by atomic mass is 10.3. The maximum absolute atomic E-state index is 11.5. The molecule has 1 rings (SSSR count). The fourth-order valence-electron chi connectivity index (χ4n) is 1.16. The predicted octanol–water partition coefficient (Wildman–Crippen LogP) is -0.625. The summed E-state index contributed by atoms with van der Waals surface area (Å²) in [6, 6.07) is 2.58. The van der Waals surface area contributed by atoms with Gasteiger partial charge in [0.25, 0.3) is 11.5 Å². The van der Waals surface area contributed by atoms with Crippen molar-refractivity contribution >= 4 is 11.9 Å². The second-order valence-corrected chi connectivity index (χ2v) is 3.43.